The van der Waals surface area contributed by atoms with E-state index in [1.54, 1.807) is 19.2 Å². The Morgan fingerprint density at radius 1 is 1.03 bits per heavy atom. The fraction of sp³-hybridized carbons (Fsp3) is 0.250. The molecule has 0 aliphatic heterocycles. The summed E-state index contributed by atoms with van der Waals surface area (Å²) in [7, 11) is -1.66. The first kappa shape index (κ1) is 23.0. The number of nitrogens with zero attached hydrogens (tertiary/aromatic N) is 1. The van der Waals surface area contributed by atoms with Gasteiger partial charge in [-0.15, -0.1) is 24.0 Å². The van der Waals surface area contributed by atoms with Crippen LogP contribution in [0.4, 0.5) is 5.69 Å². The quantitative estimate of drug-likeness (QED) is 0.258. The molecular weight excluding hydrogens is 503 g/mol. The second-order valence-electron chi connectivity index (χ2n) is 6.46. The summed E-state index contributed by atoms with van der Waals surface area (Å²) < 4.78 is 31.5. The number of anilines is 1. The van der Waals surface area contributed by atoms with Gasteiger partial charge in [0, 0.05) is 24.5 Å². The van der Waals surface area contributed by atoms with Gasteiger partial charge in [-0.05, 0) is 24.6 Å². The molecule has 0 saturated carbocycles. The third-order valence-corrected chi connectivity index (χ3v) is 4.93. The molecule has 29 heavy (non-hydrogen) atoms. The summed E-state index contributed by atoms with van der Waals surface area (Å²) >= 11 is 0. The van der Waals surface area contributed by atoms with Gasteiger partial charge in [-0.1, -0.05) is 36.4 Å². The molecule has 0 unspecified atom stereocenters. The molecule has 1 heterocycles. The molecule has 0 saturated heterocycles. The molecular formula is C20H25IN4O3S. The Morgan fingerprint density at radius 2 is 1.69 bits per heavy atom. The summed E-state index contributed by atoms with van der Waals surface area (Å²) in [6, 6.07) is 15.2. The SMILES string of the molecule is CN=C(NCc1ccccc1NS(C)(=O)=O)NCc1oc2ccccc2c1C.I. The summed E-state index contributed by atoms with van der Waals surface area (Å²) in [6.07, 6.45) is 1.13. The van der Waals surface area contributed by atoms with E-state index in [1.165, 1.54) is 0 Å². The van der Waals surface area contributed by atoms with Crippen LogP contribution >= 0.6 is 24.0 Å². The molecule has 2 aromatic carbocycles. The van der Waals surface area contributed by atoms with Gasteiger partial charge in [0.25, 0.3) is 0 Å². The van der Waals surface area contributed by atoms with Gasteiger partial charge < -0.3 is 15.1 Å². The number of aryl methyl sites for hydroxylation is 1. The molecule has 9 heteroatoms. The molecule has 0 fully saturated rings. The largest absolute Gasteiger partial charge is 0.459 e. The predicted molar refractivity (Wildman–Crippen MR) is 128 cm³/mol. The molecule has 0 bridgehead atoms. The van der Waals surface area contributed by atoms with E-state index in [-0.39, 0.29) is 24.0 Å². The van der Waals surface area contributed by atoms with Gasteiger partial charge in [0.1, 0.15) is 11.3 Å². The smallest absolute Gasteiger partial charge is 0.229 e. The van der Waals surface area contributed by atoms with E-state index in [0.717, 1.165) is 34.1 Å². The van der Waals surface area contributed by atoms with Crippen molar-refractivity contribution in [2.75, 3.05) is 18.0 Å². The third-order valence-electron chi connectivity index (χ3n) is 4.34. The highest BCUT2D eigenvalue weighted by atomic mass is 127. The summed E-state index contributed by atoms with van der Waals surface area (Å²) in [6.45, 7) is 2.94. The Labute approximate surface area is 188 Å². The zero-order chi connectivity index (χ0) is 20.1. The van der Waals surface area contributed by atoms with E-state index in [9.17, 15) is 8.42 Å². The summed E-state index contributed by atoms with van der Waals surface area (Å²) in [4.78, 5) is 4.22. The highest BCUT2D eigenvalue weighted by Gasteiger charge is 2.11. The fourth-order valence-corrected chi connectivity index (χ4v) is 3.53. The fourth-order valence-electron chi connectivity index (χ4n) is 2.93. The number of para-hydroxylation sites is 2. The van der Waals surface area contributed by atoms with Gasteiger partial charge in [-0.2, -0.15) is 0 Å². The van der Waals surface area contributed by atoms with Crippen LogP contribution in [0.5, 0.6) is 0 Å². The van der Waals surface area contributed by atoms with E-state index in [1.807, 2.05) is 43.3 Å². The number of fused-ring (bicyclic) bond motifs is 1. The highest BCUT2D eigenvalue weighted by molar-refractivity contribution is 14.0. The lowest BCUT2D eigenvalue weighted by molar-refractivity contribution is 0.534. The van der Waals surface area contributed by atoms with Crippen LogP contribution in [-0.2, 0) is 23.1 Å². The van der Waals surface area contributed by atoms with Crippen molar-refractivity contribution in [2.45, 2.75) is 20.0 Å². The number of hydrogen-bond acceptors (Lipinski definition) is 4. The molecule has 3 aromatic rings. The average molecular weight is 528 g/mol. The van der Waals surface area contributed by atoms with Crippen molar-refractivity contribution >= 4 is 56.6 Å². The van der Waals surface area contributed by atoms with Crippen molar-refractivity contribution < 1.29 is 12.8 Å². The Kier molecular flexibility index (Phi) is 7.91. The van der Waals surface area contributed by atoms with Crippen LogP contribution in [-0.4, -0.2) is 27.7 Å². The minimum atomic E-state index is -3.34. The number of sulfonamides is 1. The van der Waals surface area contributed by atoms with Crippen LogP contribution < -0.4 is 15.4 Å². The monoisotopic (exact) mass is 528 g/mol. The maximum absolute atomic E-state index is 11.5. The van der Waals surface area contributed by atoms with Crippen molar-refractivity contribution in [3.63, 3.8) is 0 Å². The molecule has 156 valence electrons. The lowest BCUT2D eigenvalue weighted by Crippen LogP contribution is -2.36. The van der Waals surface area contributed by atoms with Crippen LogP contribution in [0.15, 0.2) is 57.9 Å². The first-order valence-electron chi connectivity index (χ1n) is 8.84. The standard InChI is InChI=1S/C20H24N4O3S.HI/c1-14-16-9-5-7-11-18(16)27-19(14)13-23-20(21-2)22-12-15-8-4-6-10-17(15)24-28(3,25)26;/h4-11,24H,12-13H2,1-3H3,(H2,21,22,23);1H. The number of aliphatic imine (C=N–C) groups is 1. The number of benzene rings is 2. The third kappa shape index (κ3) is 6.10. The number of hydrogen-bond donors (Lipinski definition) is 3. The number of guanidine groups is 1. The van der Waals surface area contributed by atoms with E-state index < -0.39 is 10.0 Å². The summed E-state index contributed by atoms with van der Waals surface area (Å²) in [5, 5.41) is 7.53. The van der Waals surface area contributed by atoms with E-state index in [0.29, 0.717) is 24.7 Å². The minimum Gasteiger partial charge on any atom is -0.459 e. The van der Waals surface area contributed by atoms with Crippen molar-refractivity contribution in [1.82, 2.24) is 10.6 Å². The van der Waals surface area contributed by atoms with Gasteiger partial charge in [-0.3, -0.25) is 9.71 Å². The van der Waals surface area contributed by atoms with Gasteiger partial charge in [0.05, 0.1) is 18.5 Å². The first-order chi connectivity index (χ1) is 13.4. The number of halogens is 1. The van der Waals surface area contributed by atoms with Crippen LogP contribution in [0.3, 0.4) is 0 Å². The molecule has 0 aliphatic rings. The van der Waals surface area contributed by atoms with Crippen molar-refractivity contribution in [3.05, 3.63) is 65.4 Å². The molecule has 1 aromatic heterocycles. The molecule has 0 aliphatic carbocycles. The minimum absolute atomic E-state index is 0. The van der Waals surface area contributed by atoms with Crippen molar-refractivity contribution in [3.8, 4) is 0 Å². The van der Waals surface area contributed by atoms with Gasteiger partial charge in [0.2, 0.25) is 10.0 Å². The Balaban J connectivity index is 0.00000300. The first-order valence-corrected chi connectivity index (χ1v) is 10.7. The molecule has 7 nitrogen and oxygen atoms in total. The number of furan rings is 1. The molecule has 3 rings (SSSR count). The maximum Gasteiger partial charge on any atom is 0.229 e. The molecule has 3 N–H and O–H groups in total. The number of nitrogens with one attached hydrogen (secondary N) is 3. The molecule has 0 atom stereocenters. The summed E-state index contributed by atoms with van der Waals surface area (Å²) in [5.74, 6) is 1.44. The van der Waals surface area contributed by atoms with Crippen molar-refractivity contribution in [1.29, 1.82) is 0 Å². The lowest BCUT2D eigenvalue weighted by Gasteiger charge is -2.14. The number of rotatable bonds is 6. The maximum atomic E-state index is 11.5. The van der Waals surface area contributed by atoms with Crippen LogP contribution in [0.2, 0.25) is 0 Å². The average Bonchev–Trinajstić information content (AvgIpc) is 2.98. The normalized spacial score (nSPS) is 11.8. The van der Waals surface area contributed by atoms with Gasteiger partial charge in [-0.25, -0.2) is 8.42 Å². The molecule has 0 spiro atoms. The van der Waals surface area contributed by atoms with Crippen molar-refractivity contribution in [2.24, 2.45) is 4.99 Å². The summed E-state index contributed by atoms with van der Waals surface area (Å²) in [5.41, 5.74) is 3.32. The van der Waals surface area contributed by atoms with Gasteiger partial charge >= 0.3 is 0 Å². The Bertz CT molecular complexity index is 1110. The van der Waals surface area contributed by atoms with Crippen LogP contribution in [0.1, 0.15) is 16.9 Å². The van der Waals surface area contributed by atoms with Gasteiger partial charge in [0.15, 0.2) is 5.96 Å². The van der Waals surface area contributed by atoms with E-state index in [2.05, 4.69) is 20.3 Å². The topological polar surface area (TPSA) is 95.7 Å². The highest BCUT2D eigenvalue weighted by Crippen LogP contribution is 2.24. The van der Waals surface area contributed by atoms with Crippen LogP contribution in [0.25, 0.3) is 11.0 Å². The zero-order valence-corrected chi connectivity index (χ0v) is 19.7. The Hall–Kier alpha value is -2.27. The zero-order valence-electron chi connectivity index (χ0n) is 16.5. The van der Waals surface area contributed by atoms with Crippen LogP contribution in [0, 0.1) is 6.92 Å². The van der Waals surface area contributed by atoms with E-state index >= 15 is 0 Å². The lowest BCUT2D eigenvalue weighted by atomic mass is 10.1. The molecule has 0 radical (unpaired) electrons. The second-order valence-corrected chi connectivity index (χ2v) is 8.21. The predicted octanol–water partition coefficient (Wildman–Crippen LogP) is 3.60. The Morgan fingerprint density at radius 3 is 2.38 bits per heavy atom. The van der Waals surface area contributed by atoms with E-state index in [4.69, 9.17) is 4.42 Å². The molecule has 0 amide bonds. The second kappa shape index (κ2) is 9.97.